The lowest BCUT2D eigenvalue weighted by atomic mass is 10.0. The number of hydrogen-bond acceptors (Lipinski definition) is 1. The summed E-state index contributed by atoms with van der Waals surface area (Å²) in [4.78, 5) is 11.6. The van der Waals surface area contributed by atoms with Gasteiger partial charge in [-0.3, -0.25) is 4.79 Å². The topological polar surface area (TPSA) is 17.1 Å². The van der Waals surface area contributed by atoms with Crippen molar-refractivity contribution in [2.24, 2.45) is 0 Å². The molecule has 88 valence electrons. The lowest BCUT2D eigenvalue weighted by Crippen LogP contribution is -2.02. The maximum atomic E-state index is 11.6. The number of halogens is 2. The molecule has 0 unspecified atom stereocenters. The summed E-state index contributed by atoms with van der Waals surface area (Å²) in [7, 11) is 0. The molecular formula is C13H16Cl2O. The Hall–Kier alpha value is -0.530. The Balaban J connectivity index is 2.49. The van der Waals surface area contributed by atoms with Gasteiger partial charge in [0.1, 0.15) is 5.78 Å². The van der Waals surface area contributed by atoms with Gasteiger partial charge in [0.05, 0.1) is 0 Å². The highest BCUT2D eigenvalue weighted by molar-refractivity contribution is 6.35. The molecular weight excluding hydrogens is 243 g/mol. The van der Waals surface area contributed by atoms with Gasteiger partial charge in [0.25, 0.3) is 0 Å². The predicted octanol–water partition coefficient (Wildman–Crippen LogP) is 4.69. The lowest BCUT2D eigenvalue weighted by Gasteiger charge is -2.04. The molecule has 0 bridgehead atoms. The van der Waals surface area contributed by atoms with Gasteiger partial charge in [-0.1, -0.05) is 49.0 Å². The summed E-state index contributed by atoms with van der Waals surface area (Å²) in [5, 5.41) is 1.18. The van der Waals surface area contributed by atoms with E-state index < -0.39 is 0 Å². The van der Waals surface area contributed by atoms with Crippen molar-refractivity contribution < 1.29 is 4.79 Å². The van der Waals surface area contributed by atoms with Gasteiger partial charge in [0, 0.05) is 22.9 Å². The number of benzene rings is 1. The SMILES string of the molecule is CCCCCC(=O)Cc1ccc(Cl)cc1Cl. The smallest absolute Gasteiger partial charge is 0.137 e. The second kappa shape index (κ2) is 6.93. The third-order valence-corrected chi connectivity index (χ3v) is 3.05. The van der Waals surface area contributed by atoms with E-state index in [-0.39, 0.29) is 5.78 Å². The molecule has 1 rings (SSSR count). The molecule has 1 nitrogen and oxygen atoms in total. The number of ketones is 1. The van der Waals surface area contributed by atoms with Crippen molar-refractivity contribution in [3.8, 4) is 0 Å². The van der Waals surface area contributed by atoms with Crippen molar-refractivity contribution in [1.82, 2.24) is 0 Å². The highest BCUT2D eigenvalue weighted by Gasteiger charge is 2.07. The van der Waals surface area contributed by atoms with Crippen molar-refractivity contribution in [3.05, 3.63) is 33.8 Å². The number of hydrogen-bond donors (Lipinski definition) is 0. The molecule has 0 aliphatic rings. The minimum absolute atomic E-state index is 0.248. The number of carbonyl (C=O) groups is 1. The van der Waals surface area contributed by atoms with Gasteiger partial charge in [-0.05, 0) is 24.1 Å². The zero-order valence-corrected chi connectivity index (χ0v) is 10.9. The van der Waals surface area contributed by atoms with Crippen LogP contribution in [0.25, 0.3) is 0 Å². The van der Waals surface area contributed by atoms with Gasteiger partial charge in [-0.2, -0.15) is 0 Å². The molecule has 0 aromatic heterocycles. The fourth-order valence-electron chi connectivity index (χ4n) is 1.54. The van der Waals surface area contributed by atoms with E-state index in [1.165, 1.54) is 0 Å². The standard InChI is InChI=1S/C13H16Cl2O/c1-2-3-4-5-12(16)8-10-6-7-11(14)9-13(10)15/h6-7,9H,2-5,8H2,1H3. The summed E-state index contributed by atoms with van der Waals surface area (Å²) in [6, 6.07) is 5.27. The third kappa shape index (κ3) is 4.54. The van der Waals surface area contributed by atoms with Crippen LogP contribution in [0.1, 0.15) is 38.2 Å². The van der Waals surface area contributed by atoms with E-state index in [4.69, 9.17) is 23.2 Å². The first-order valence-corrected chi connectivity index (χ1v) is 6.34. The van der Waals surface area contributed by atoms with E-state index in [2.05, 4.69) is 6.92 Å². The van der Waals surface area contributed by atoms with E-state index in [1.54, 1.807) is 12.1 Å². The number of rotatable bonds is 6. The molecule has 0 fully saturated rings. The predicted molar refractivity (Wildman–Crippen MR) is 69.3 cm³/mol. The second-order valence-electron chi connectivity index (χ2n) is 3.91. The summed E-state index contributed by atoms with van der Waals surface area (Å²) in [6.45, 7) is 2.13. The largest absolute Gasteiger partial charge is 0.299 e. The fourth-order valence-corrected chi connectivity index (χ4v) is 2.01. The van der Waals surface area contributed by atoms with Crippen molar-refractivity contribution >= 4 is 29.0 Å². The van der Waals surface area contributed by atoms with Gasteiger partial charge in [-0.15, -0.1) is 0 Å². The Kier molecular flexibility index (Phi) is 5.86. The van der Waals surface area contributed by atoms with Gasteiger partial charge >= 0.3 is 0 Å². The molecule has 16 heavy (non-hydrogen) atoms. The van der Waals surface area contributed by atoms with Crippen LogP contribution in [-0.2, 0) is 11.2 Å². The molecule has 0 saturated carbocycles. The van der Waals surface area contributed by atoms with Crippen LogP contribution in [0.4, 0.5) is 0 Å². The van der Waals surface area contributed by atoms with Gasteiger partial charge < -0.3 is 0 Å². The molecule has 0 spiro atoms. The van der Waals surface area contributed by atoms with Crippen LogP contribution in [-0.4, -0.2) is 5.78 Å². The van der Waals surface area contributed by atoms with E-state index >= 15 is 0 Å². The van der Waals surface area contributed by atoms with Crippen LogP contribution >= 0.6 is 23.2 Å². The van der Waals surface area contributed by atoms with Crippen LogP contribution in [0.3, 0.4) is 0 Å². The molecule has 0 atom stereocenters. The van der Waals surface area contributed by atoms with E-state index in [0.29, 0.717) is 22.9 Å². The molecule has 0 saturated heterocycles. The van der Waals surface area contributed by atoms with Crippen LogP contribution < -0.4 is 0 Å². The first kappa shape index (κ1) is 13.5. The van der Waals surface area contributed by atoms with Crippen molar-refractivity contribution in [1.29, 1.82) is 0 Å². The minimum Gasteiger partial charge on any atom is -0.299 e. The van der Waals surface area contributed by atoms with Crippen LogP contribution in [0, 0.1) is 0 Å². The van der Waals surface area contributed by atoms with Crippen LogP contribution in [0.5, 0.6) is 0 Å². The van der Waals surface area contributed by atoms with Crippen LogP contribution in [0.2, 0.25) is 10.0 Å². The van der Waals surface area contributed by atoms with Gasteiger partial charge in [0.2, 0.25) is 0 Å². The average molecular weight is 259 g/mol. The Bertz CT molecular complexity index is 361. The first-order valence-electron chi connectivity index (χ1n) is 5.59. The number of carbonyl (C=O) groups excluding carboxylic acids is 1. The Morgan fingerprint density at radius 3 is 2.62 bits per heavy atom. The lowest BCUT2D eigenvalue weighted by molar-refractivity contribution is -0.118. The Morgan fingerprint density at radius 1 is 1.25 bits per heavy atom. The molecule has 0 aliphatic heterocycles. The van der Waals surface area contributed by atoms with E-state index in [9.17, 15) is 4.79 Å². The van der Waals surface area contributed by atoms with Crippen molar-refractivity contribution in [2.75, 3.05) is 0 Å². The summed E-state index contributed by atoms with van der Waals surface area (Å²) < 4.78 is 0. The molecule has 0 N–H and O–H groups in total. The van der Waals surface area contributed by atoms with Gasteiger partial charge in [-0.25, -0.2) is 0 Å². The maximum absolute atomic E-state index is 11.6. The van der Waals surface area contributed by atoms with Crippen LogP contribution in [0.15, 0.2) is 18.2 Å². The summed E-state index contributed by atoms with van der Waals surface area (Å²) >= 11 is 11.8. The quantitative estimate of drug-likeness (QED) is 0.677. The van der Waals surface area contributed by atoms with Gasteiger partial charge in [0.15, 0.2) is 0 Å². The Morgan fingerprint density at radius 2 is 2.00 bits per heavy atom. The zero-order valence-electron chi connectivity index (χ0n) is 9.43. The van der Waals surface area contributed by atoms with Crippen molar-refractivity contribution in [2.45, 2.75) is 39.0 Å². The molecule has 0 aliphatic carbocycles. The first-order chi connectivity index (χ1) is 7.63. The van der Waals surface area contributed by atoms with E-state index in [0.717, 1.165) is 24.8 Å². The van der Waals surface area contributed by atoms with Crippen molar-refractivity contribution in [3.63, 3.8) is 0 Å². The number of unbranched alkanes of at least 4 members (excludes halogenated alkanes) is 2. The molecule has 0 heterocycles. The highest BCUT2D eigenvalue weighted by atomic mass is 35.5. The summed E-state index contributed by atoms with van der Waals surface area (Å²) in [6.07, 6.45) is 4.28. The zero-order chi connectivity index (χ0) is 12.0. The fraction of sp³-hybridized carbons (Fsp3) is 0.462. The summed E-state index contributed by atoms with van der Waals surface area (Å²) in [5.74, 6) is 0.248. The number of Topliss-reactive ketones (excluding diaryl/α,β-unsaturated/α-hetero) is 1. The average Bonchev–Trinajstić information content (AvgIpc) is 2.23. The molecule has 0 radical (unpaired) electrons. The maximum Gasteiger partial charge on any atom is 0.137 e. The highest BCUT2D eigenvalue weighted by Crippen LogP contribution is 2.22. The summed E-state index contributed by atoms with van der Waals surface area (Å²) in [5.41, 5.74) is 0.868. The Labute approximate surface area is 107 Å². The second-order valence-corrected chi connectivity index (χ2v) is 4.75. The third-order valence-electron chi connectivity index (χ3n) is 2.46. The molecule has 0 amide bonds. The molecule has 1 aromatic rings. The minimum atomic E-state index is 0.248. The normalized spacial score (nSPS) is 10.4. The van der Waals surface area contributed by atoms with E-state index in [1.807, 2.05) is 6.07 Å². The molecule has 3 heteroatoms. The molecule has 1 aromatic carbocycles. The monoisotopic (exact) mass is 258 g/mol.